The van der Waals surface area contributed by atoms with Crippen LogP contribution in [0.1, 0.15) is 68.2 Å². The zero-order valence-corrected chi connectivity index (χ0v) is 19.4. The van der Waals surface area contributed by atoms with Gasteiger partial charge in [-0.05, 0) is 73.6 Å². The standard InChI is InChI=1S/2C13H20N2.2CH4/c1-11(2)12-5-9-15(10-6-12)13-3-7-14-8-4-13;1-11(2)12-6-9-15(10-7-12)13-5-3-4-8-14-13;;/h3-4,7-8,11-12H,5-6,9-10H2,1-2H3;3-5,8,11-12H,6-7,9-10H2,1-2H3;2*1H4. The van der Waals surface area contributed by atoms with E-state index in [0.29, 0.717) is 0 Å². The normalized spacial score (nSPS) is 17.3. The topological polar surface area (TPSA) is 32.3 Å². The first-order chi connectivity index (χ1) is 14.5. The largest absolute Gasteiger partial charge is 0.371 e. The van der Waals surface area contributed by atoms with E-state index in [1.165, 1.54) is 57.5 Å². The average Bonchev–Trinajstić information content (AvgIpc) is 2.81. The van der Waals surface area contributed by atoms with Crippen molar-refractivity contribution in [3.05, 3.63) is 48.9 Å². The molecule has 2 aliphatic heterocycles. The van der Waals surface area contributed by atoms with Gasteiger partial charge in [0.15, 0.2) is 0 Å². The fourth-order valence-corrected chi connectivity index (χ4v) is 4.72. The van der Waals surface area contributed by atoms with Gasteiger partial charge in [-0.25, -0.2) is 4.98 Å². The number of pyridine rings is 2. The Balaban J connectivity index is 0.000000301. The van der Waals surface area contributed by atoms with Crippen molar-refractivity contribution in [1.82, 2.24) is 9.97 Å². The molecule has 32 heavy (non-hydrogen) atoms. The fraction of sp³-hybridized carbons (Fsp3) is 0.643. The van der Waals surface area contributed by atoms with Crippen molar-refractivity contribution in [3.8, 4) is 0 Å². The Morgan fingerprint density at radius 2 is 1.19 bits per heavy atom. The number of piperidine rings is 2. The zero-order chi connectivity index (χ0) is 21.3. The van der Waals surface area contributed by atoms with Gasteiger partial charge < -0.3 is 9.80 Å². The maximum absolute atomic E-state index is 4.40. The van der Waals surface area contributed by atoms with E-state index in [2.05, 4.69) is 71.7 Å². The molecule has 4 rings (SSSR count). The van der Waals surface area contributed by atoms with Crippen LogP contribution < -0.4 is 9.80 Å². The lowest BCUT2D eigenvalue weighted by Gasteiger charge is -2.35. The van der Waals surface area contributed by atoms with Crippen molar-refractivity contribution in [2.75, 3.05) is 36.0 Å². The van der Waals surface area contributed by atoms with Crippen molar-refractivity contribution < 1.29 is 0 Å². The Kier molecular flexibility index (Phi) is 12.3. The lowest BCUT2D eigenvalue weighted by atomic mass is 9.86. The van der Waals surface area contributed by atoms with Crippen molar-refractivity contribution >= 4 is 11.5 Å². The average molecular weight is 441 g/mol. The molecule has 0 aromatic carbocycles. The van der Waals surface area contributed by atoms with Crippen molar-refractivity contribution in [2.45, 2.75) is 68.2 Å². The Morgan fingerprint density at radius 1 is 0.688 bits per heavy atom. The van der Waals surface area contributed by atoms with Gasteiger partial charge in [-0.1, -0.05) is 48.6 Å². The van der Waals surface area contributed by atoms with Crippen LogP contribution in [0.2, 0.25) is 0 Å². The predicted molar refractivity (Wildman–Crippen MR) is 141 cm³/mol. The lowest BCUT2D eigenvalue weighted by Crippen LogP contribution is -2.35. The molecule has 2 aromatic rings. The van der Waals surface area contributed by atoms with Crippen LogP contribution in [0.5, 0.6) is 0 Å². The highest BCUT2D eigenvalue weighted by Gasteiger charge is 2.22. The molecule has 2 aromatic heterocycles. The number of aromatic nitrogens is 2. The van der Waals surface area contributed by atoms with Crippen LogP contribution >= 0.6 is 0 Å². The molecule has 0 amide bonds. The highest BCUT2D eigenvalue weighted by Crippen LogP contribution is 2.28. The summed E-state index contributed by atoms with van der Waals surface area (Å²) in [7, 11) is 0. The summed E-state index contributed by atoms with van der Waals surface area (Å²) < 4.78 is 0. The van der Waals surface area contributed by atoms with Crippen LogP contribution in [-0.4, -0.2) is 36.1 Å². The molecule has 180 valence electrons. The second-order valence-corrected chi connectivity index (χ2v) is 9.53. The van der Waals surface area contributed by atoms with E-state index in [4.69, 9.17) is 0 Å². The quantitative estimate of drug-likeness (QED) is 0.504. The van der Waals surface area contributed by atoms with E-state index in [1.807, 2.05) is 24.7 Å². The van der Waals surface area contributed by atoms with Gasteiger partial charge in [-0.2, -0.15) is 0 Å². The van der Waals surface area contributed by atoms with Gasteiger partial charge in [0.25, 0.3) is 0 Å². The molecule has 4 heteroatoms. The minimum Gasteiger partial charge on any atom is -0.371 e. The molecular formula is C28H48N4. The van der Waals surface area contributed by atoms with E-state index in [0.717, 1.165) is 29.5 Å². The van der Waals surface area contributed by atoms with Crippen LogP contribution in [0, 0.1) is 23.7 Å². The number of rotatable bonds is 4. The second kappa shape index (κ2) is 14.1. The van der Waals surface area contributed by atoms with E-state index >= 15 is 0 Å². The molecule has 0 radical (unpaired) electrons. The summed E-state index contributed by atoms with van der Waals surface area (Å²) in [6.07, 6.45) is 10.9. The van der Waals surface area contributed by atoms with Gasteiger partial charge >= 0.3 is 0 Å². The molecule has 0 saturated carbocycles. The number of anilines is 2. The lowest BCUT2D eigenvalue weighted by molar-refractivity contribution is 0.310. The van der Waals surface area contributed by atoms with Crippen LogP contribution in [0.3, 0.4) is 0 Å². The van der Waals surface area contributed by atoms with Gasteiger partial charge in [0, 0.05) is 50.5 Å². The Bertz CT molecular complexity index is 637. The summed E-state index contributed by atoms with van der Waals surface area (Å²) in [5.41, 5.74) is 1.33. The van der Waals surface area contributed by atoms with Crippen molar-refractivity contribution in [1.29, 1.82) is 0 Å². The van der Waals surface area contributed by atoms with Gasteiger partial charge in [0.1, 0.15) is 5.82 Å². The third-order valence-electron chi connectivity index (χ3n) is 6.97. The predicted octanol–water partition coefficient (Wildman–Crippen LogP) is 7.18. The van der Waals surface area contributed by atoms with Gasteiger partial charge in [0.05, 0.1) is 0 Å². The van der Waals surface area contributed by atoms with E-state index in [9.17, 15) is 0 Å². The first kappa shape index (κ1) is 27.9. The van der Waals surface area contributed by atoms with Gasteiger partial charge in [-0.3, -0.25) is 4.98 Å². The molecule has 2 saturated heterocycles. The minimum absolute atomic E-state index is 0. The van der Waals surface area contributed by atoms with E-state index in [-0.39, 0.29) is 14.9 Å². The minimum atomic E-state index is 0. The number of hydrogen-bond donors (Lipinski definition) is 0. The van der Waals surface area contributed by atoms with Crippen molar-refractivity contribution in [3.63, 3.8) is 0 Å². The van der Waals surface area contributed by atoms with Gasteiger partial charge in [-0.15, -0.1) is 0 Å². The number of hydrogen-bond acceptors (Lipinski definition) is 4. The van der Waals surface area contributed by atoms with Crippen molar-refractivity contribution in [2.24, 2.45) is 23.7 Å². The second-order valence-electron chi connectivity index (χ2n) is 9.53. The summed E-state index contributed by atoms with van der Waals surface area (Å²) in [5, 5.41) is 0. The molecule has 4 heterocycles. The maximum atomic E-state index is 4.40. The smallest absolute Gasteiger partial charge is 0.128 e. The summed E-state index contributed by atoms with van der Waals surface area (Å²) in [4.78, 5) is 13.3. The summed E-state index contributed by atoms with van der Waals surface area (Å²) in [5.74, 6) is 4.63. The Morgan fingerprint density at radius 3 is 1.62 bits per heavy atom. The molecule has 0 spiro atoms. The van der Waals surface area contributed by atoms with Crippen LogP contribution in [-0.2, 0) is 0 Å². The monoisotopic (exact) mass is 440 g/mol. The molecule has 0 N–H and O–H groups in total. The highest BCUT2D eigenvalue weighted by molar-refractivity contribution is 5.44. The first-order valence-electron chi connectivity index (χ1n) is 11.9. The van der Waals surface area contributed by atoms with Gasteiger partial charge in [0.2, 0.25) is 0 Å². The van der Waals surface area contributed by atoms with Crippen LogP contribution in [0.4, 0.5) is 11.5 Å². The zero-order valence-electron chi connectivity index (χ0n) is 19.4. The van der Waals surface area contributed by atoms with E-state index < -0.39 is 0 Å². The SMILES string of the molecule is C.C.CC(C)C1CCN(c2ccccn2)CC1.CC(C)C1CCN(c2ccncc2)CC1. The molecular weight excluding hydrogens is 392 g/mol. The molecule has 4 nitrogen and oxygen atoms in total. The van der Waals surface area contributed by atoms with E-state index in [1.54, 1.807) is 0 Å². The molecule has 2 aliphatic rings. The van der Waals surface area contributed by atoms with Crippen LogP contribution in [0.15, 0.2) is 48.9 Å². The number of nitrogens with zero attached hydrogens (tertiary/aromatic N) is 4. The Hall–Kier alpha value is -2.10. The Labute approximate surface area is 198 Å². The third-order valence-corrected chi connectivity index (χ3v) is 6.97. The first-order valence-corrected chi connectivity index (χ1v) is 11.9. The maximum Gasteiger partial charge on any atom is 0.128 e. The molecule has 0 aliphatic carbocycles. The molecule has 0 bridgehead atoms. The molecule has 0 atom stereocenters. The summed E-state index contributed by atoms with van der Waals surface area (Å²) in [6, 6.07) is 10.4. The summed E-state index contributed by atoms with van der Waals surface area (Å²) >= 11 is 0. The van der Waals surface area contributed by atoms with Crippen LogP contribution in [0.25, 0.3) is 0 Å². The fourth-order valence-electron chi connectivity index (χ4n) is 4.72. The third kappa shape index (κ3) is 8.11. The summed E-state index contributed by atoms with van der Waals surface area (Å²) in [6.45, 7) is 14.1. The molecule has 0 unspecified atom stereocenters. The highest BCUT2D eigenvalue weighted by atomic mass is 15.2. The molecule has 2 fully saturated rings.